The van der Waals surface area contributed by atoms with Crippen molar-refractivity contribution >= 4 is 11.9 Å². The summed E-state index contributed by atoms with van der Waals surface area (Å²) in [5.74, 6) is -1.21. The van der Waals surface area contributed by atoms with Crippen molar-refractivity contribution in [3.63, 3.8) is 0 Å². The average Bonchev–Trinajstić information content (AvgIpc) is 2.39. The third-order valence-electron chi connectivity index (χ3n) is 3.04. The molecule has 0 fully saturated rings. The van der Waals surface area contributed by atoms with Crippen molar-refractivity contribution in [2.75, 3.05) is 0 Å². The number of carboxylic acids is 1. The highest BCUT2D eigenvalue weighted by atomic mass is 16.4. The number of rotatable bonds is 8. The molecule has 20 heavy (non-hydrogen) atoms. The molecule has 0 aliphatic rings. The maximum absolute atomic E-state index is 12.0. The molecule has 0 saturated heterocycles. The Morgan fingerprint density at radius 2 is 1.95 bits per heavy atom. The van der Waals surface area contributed by atoms with Crippen LogP contribution in [0.25, 0.3) is 0 Å². The molecule has 0 aliphatic carbocycles. The van der Waals surface area contributed by atoms with Crippen LogP contribution in [0, 0.1) is 0 Å². The largest absolute Gasteiger partial charge is 0.481 e. The van der Waals surface area contributed by atoms with Crippen molar-refractivity contribution in [1.29, 1.82) is 0 Å². The molecular formula is C15H22N2O3. The van der Waals surface area contributed by atoms with Gasteiger partial charge in [-0.2, -0.15) is 0 Å². The Kier molecular flexibility index (Phi) is 6.73. The van der Waals surface area contributed by atoms with Gasteiger partial charge < -0.3 is 16.2 Å². The molecule has 0 aliphatic heterocycles. The Morgan fingerprint density at radius 1 is 1.30 bits per heavy atom. The monoisotopic (exact) mass is 278 g/mol. The Labute approximate surface area is 119 Å². The van der Waals surface area contributed by atoms with Crippen LogP contribution < -0.4 is 11.1 Å². The summed E-state index contributed by atoms with van der Waals surface area (Å²) in [6.45, 7) is 1.95. The van der Waals surface area contributed by atoms with Crippen molar-refractivity contribution < 1.29 is 14.7 Å². The van der Waals surface area contributed by atoms with Gasteiger partial charge in [-0.05, 0) is 18.4 Å². The van der Waals surface area contributed by atoms with E-state index >= 15 is 0 Å². The molecule has 0 saturated carbocycles. The summed E-state index contributed by atoms with van der Waals surface area (Å²) in [5.41, 5.74) is 6.85. The van der Waals surface area contributed by atoms with Gasteiger partial charge in [0.05, 0.1) is 12.5 Å². The fourth-order valence-electron chi connectivity index (χ4n) is 2.05. The molecule has 1 aromatic rings. The number of amides is 1. The van der Waals surface area contributed by atoms with Crippen molar-refractivity contribution in [3.05, 3.63) is 35.9 Å². The molecular weight excluding hydrogens is 256 g/mol. The van der Waals surface area contributed by atoms with Gasteiger partial charge in [-0.15, -0.1) is 0 Å². The second-order valence-corrected chi connectivity index (χ2v) is 4.89. The van der Waals surface area contributed by atoms with Crippen LogP contribution in [0.3, 0.4) is 0 Å². The van der Waals surface area contributed by atoms with Gasteiger partial charge >= 0.3 is 5.97 Å². The van der Waals surface area contributed by atoms with Gasteiger partial charge in [0, 0.05) is 6.04 Å². The van der Waals surface area contributed by atoms with Gasteiger partial charge in [-0.25, -0.2) is 0 Å². The molecule has 0 spiro atoms. The summed E-state index contributed by atoms with van der Waals surface area (Å²) in [4.78, 5) is 22.7. The van der Waals surface area contributed by atoms with E-state index in [4.69, 9.17) is 10.8 Å². The molecule has 0 bridgehead atoms. The van der Waals surface area contributed by atoms with Crippen LogP contribution in [0.2, 0.25) is 0 Å². The summed E-state index contributed by atoms with van der Waals surface area (Å²) in [7, 11) is 0. The smallest absolute Gasteiger partial charge is 0.305 e. The summed E-state index contributed by atoms with van der Waals surface area (Å²) in [6.07, 6.45) is 1.82. The summed E-state index contributed by atoms with van der Waals surface area (Å²) < 4.78 is 0. The van der Waals surface area contributed by atoms with E-state index in [2.05, 4.69) is 5.32 Å². The summed E-state index contributed by atoms with van der Waals surface area (Å²) in [6, 6.07) is 8.49. The minimum absolute atomic E-state index is 0.0718. The zero-order valence-electron chi connectivity index (χ0n) is 11.7. The number of nitrogens with one attached hydrogen (secondary N) is 1. The molecule has 1 rings (SSSR count). The zero-order chi connectivity index (χ0) is 15.0. The molecule has 2 atom stereocenters. The summed E-state index contributed by atoms with van der Waals surface area (Å²) in [5, 5.41) is 11.5. The number of nitrogens with two attached hydrogens (primary N) is 1. The van der Waals surface area contributed by atoms with E-state index in [1.165, 1.54) is 0 Å². The fourth-order valence-corrected chi connectivity index (χ4v) is 2.05. The van der Waals surface area contributed by atoms with Crippen LogP contribution in [0.5, 0.6) is 0 Å². The predicted octanol–water partition coefficient (Wildman–Crippen LogP) is 1.32. The molecule has 0 radical (unpaired) electrons. The fraction of sp³-hybridized carbons (Fsp3) is 0.467. The average molecular weight is 278 g/mol. The van der Waals surface area contributed by atoms with Crippen LogP contribution in [0.15, 0.2) is 30.3 Å². The summed E-state index contributed by atoms with van der Waals surface area (Å²) >= 11 is 0. The quantitative estimate of drug-likeness (QED) is 0.668. The topological polar surface area (TPSA) is 92.4 Å². The number of carbonyl (C=O) groups is 2. The zero-order valence-corrected chi connectivity index (χ0v) is 11.7. The first-order chi connectivity index (χ1) is 9.52. The molecule has 110 valence electrons. The first-order valence-electron chi connectivity index (χ1n) is 6.84. The number of carboxylic acid groups (broad SMARTS) is 1. The van der Waals surface area contributed by atoms with Crippen molar-refractivity contribution in [2.24, 2.45) is 5.73 Å². The Morgan fingerprint density at radius 3 is 2.50 bits per heavy atom. The Balaban J connectivity index is 2.52. The van der Waals surface area contributed by atoms with E-state index in [9.17, 15) is 9.59 Å². The minimum atomic E-state index is -0.916. The van der Waals surface area contributed by atoms with E-state index in [1.54, 1.807) is 0 Å². The van der Waals surface area contributed by atoms with Gasteiger partial charge in [0.2, 0.25) is 5.91 Å². The second-order valence-electron chi connectivity index (χ2n) is 4.89. The van der Waals surface area contributed by atoms with Crippen molar-refractivity contribution in [3.8, 4) is 0 Å². The number of hydrogen-bond acceptors (Lipinski definition) is 3. The molecule has 5 nitrogen and oxygen atoms in total. The van der Waals surface area contributed by atoms with E-state index in [-0.39, 0.29) is 18.4 Å². The number of benzene rings is 1. The van der Waals surface area contributed by atoms with Gasteiger partial charge in [-0.1, -0.05) is 43.7 Å². The lowest BCUT2D eigenvalue weighted by molar-refractivity contribution is -0.137. The van der Waals surface area contributed by atoms with Gasteiger partial charge in [0.1, 0.15) is 0 Å². The van der Waals surface area contributed by atoms with Crippen LogP contribution in [-0.2, 0) is 16.0 Å². The number of carbonyl (C=O) groups excluding carboxylic acids is 1. The standard InChI is InChI=1S/C15H22N2O3/c1-2-6-12(10-14(18)19)17-15(20)13(16)9-11-7-4-3-5-8-11/h3-5,7-8,12-13H,2,6,9-10,16H2,1H3,(H,17,20)(H,18,19). The van der Waals surface area contributed by atoms with Crippen molar-refractivity contribution in [2.45, 2.75) is 44.7 Å². The Bertz CT molecular complexity index is 434. The Hall–Kier alpha value is -1.88. The first-order valence-corrected chi connectivity index (χ1v) is 6.84. The SMILES string of the molecule is CCCC(CC(=O)O)NC(=O)C(N)Cc1ccccc1. The maximum Gasteiger partial charge on any atom is 0.305 e. The van der Waals surface area contributed by atoms with Crippen molar-refractivity contribution in [1.82, 2.24) is 5.32 Å². The lowest BCUT2D eigenvalue weighted by Crippen LogP contribution is -2.47. The van der Waals surface area contributed by atoms with E-state index in [1.807, 2.05) is 37.3 Å². The molecule has 0 aromatic heterocycles. The predicted molar refractivity (Wildman–Crippen MR) is 77.2 cm³/mol. The molecule has 2 unspecified atom stereocenters. The highest BCUT2D eigenvalue weighted by Crippen LogP contribution is 2.05. The van der Waals surface area contributed by atoms with Crippen LogP contribution >= 0.6 is 0 Å². The van der Waals surface area contributed by atoms with Crippen LogP contribution in [-0.4, -0.2) is 29.1 Å². The lowest BCUT2D eigenvalue weighted by atomic mass is 10.0. The van der Waals surface area contributed by atoms with E-state index in [0.29, 0.717) is 12.8 Å². The molecule has 1 amide bonds. The molecule has 0 heterocycles. The minimum Gasteiger partial charge on any atom is -0.481 e. The van der Waals surface area contributed by atoms with Crippen LogP contribution in [0.4, 0.5) is 0 Å². The van der Waals surface area contributed by atoms with Gasteiger partial charge in [-0.3, -0.25) is 9.59 Å². The number of aliphatic carboxylic acids is 1. The first kappa shape index (κ1) is 16.2. The molecule has 5 heteroatoms. The highest BCUT2D eigenvalue weighted by molar-refractivity contribution is 5.82. The normalized spacial score (nSPS) is 13.5. The van der Waals surface area contributed by atoms with Crippen LogP contribution in [0.1, 0.15) is 31.7 Å². The molecule has 4 N–H and O–H groups in total. The molecule has 1 aromatic carbocycles. The van der Waals surface area contributed by atoms with Gasteiger partial charge in [0.25, 0.3) is 0 Å². The third-order valence-corrected chi connectivity index (χ3v) is 3.04. The number of hydrogen-bond donors (Lipinski definition) is 3. The van der Waals surface area contributed by atoms with E-state index < -0.39 is 12.0 Å². The maximum atomic E-state index is 12.0. The van der Waals surface area contributed by atoms with Gasteiger partial charge in [0.15, 0.2) is 0 Å². The lowest BCUT2D eigenvalue weighted by Gasteiger charge is -2.19. The third kappa shape index (κ3) is 5.84. The second kappa shape index (κ2) is 8.32. The van der Waals surface area contributed by atoms with E-state index in [0.717, 1.165) is 12.0 Å². The highest BCUT2D eigenvalue weighted by Gasteiger charge is 2.19.